The lowest BCUT2D eigenvalue weighted by Gasteiger charge is -2.02. The number of aromatic amines is 1. The minimum atomic E-state index is -0.296. The third-order valence-electron chi connectivity index (χ3n) is 2.52. The molecule has 3 aromatic heterocycles. The molecule has 2 N–H and O–H groups in total. The lowest BCUT2D eigenvalue weighted by atomic mass is 10.2. The molecule has 0 unspecified atom stereocenters. The van der Waals surface area contributed by atoms with Crippen LogP contribution in [0.15, 0.2) is 30.6 Å². The Balaban J connectivity index is 1.77. The largest absolute Gasteiger partial charge is 0.343 e. The van der Waals surface area contributed by atoms with Crippen molar-refractivity contribution in [2.24, 2.45) is 0 Å². The molecule has 0 aromatic carbocycles. The van der Waals surface area contributed by atoms with Crippen molar-refractivity contribution in [1.29, 1.82) is 0 Å². The Hall–Kier alpha value is -2.90. The first-order valence-corrected chi connectivity index (χ1v) is 5.54. The van der Waals surface area contributed by atoms with Gasteiger partial charge < -0.3 is 5.32 Å². The van der Waals surface area contributed by atoms with Gasteiger partial charge in [0.1, 0.15) is 5.69 Å². The van der Waals surface area contributed by atoms with Crippen LogP contribution in [0.1, 0.15) is 16.3 Å². The van der Waals surface area contributed by atoms with E-state index in [1.807, 2.05) is 12.1 Å². The van der Waals surface area contributed by atoms with Gasteiger partial charge in [-0.05, 0) is 12.1 Å². The van der Waals surface area contributed by atoms with Crippen molar-refractivity contribution in [3.05, 3.63) is 42.1 Å². The first-order chi connectivity index (χ1) is 9.33. The summed E-state index contributed by atoms with van der Waals surface area (Å²) in [6.07, 6.45) is 3.25. The molecule has 8 heteroatoms. The van der Waals surface area contributed by atoms with Crippen molar-refractivity contribution in [2.45, 2.75) is 6.54 Å². The van der Waals surface area contributed by atoms with E-state index in [-0.39, 0.29) is 12.5 Å². The number of pyridine rings is 2. The number of rotatable bonds is 3. The van der Waals surface area contributed by atoms with E-state index in [4.69, 9.17) is 0 Å². The van der Waals surface area contributed by atoms with Crippen LogP contribution in [0.25, 0.3) is 10.9 Å². The van der Waals surface area contributed by atoms with Crippen molar-refractivity contribution >= 4 is 16.8 Å². The normalized spacial score (nSPS) is 10.5. The second kappa shape index (κ2) is 4.77. The van der Waals surface area contributed by atoms with Crippen molar-refractivity contribution in [3.63, 3.8) is 0 Å². The van der Waals surface area contributed by atoms with Crippen LogP contribution in [0.2, 0.25) is 0 Å². The zero-order chi connectivity index (χ0) is 13.1. The van der Waals surface area contributed by atoms with Gasteiger partial charge in [0, 0.05) is 11.6 Å². The van der Waals surface area contributed by atoms with E-state index in [0.717, 1.165) is 10.9 Å². The van der Waals surface area contributed by atoms with E-state index in [1.54, 1.807) is 18.5 Å². The molecule has 0 radical (unpaired) electrons. The van der Waals surface area contributed by atoms with Gasteiger partial charge in [-0.3, -0.25) is 9.78 Å². The standard InChI is InChI=1S/C11H9N7O/c19-11(14-6-10-15-17-18-16-10)8-4-7-2-1-3-12-9(7)5-13-8/h1-5H,6H2,(H,14,19)(H,15,16,17,18). The van der Waals surface area contributed by atoms with Crippen LogP contribution in [0, 0.1) is 0 Å². The van der Waals surface area contributed by atoms with Crippen molar-refractivity contribution in [3.8, 4) is 0 Å². The van der Waals surface area contributed by atoms with E-state index < -0.39 is 0 Å². The first kappa shape index (κ1) is 11.2. The minimum absolute atomic E-state index is 0.197. The second-order valence-corrected chi connectivity index (χ2v) is 3.78. The third-order valence-corrected chi connectivity index (χ3v) is 2.52. The molecule has 0 aliphatic heterocycles. The van der Waals surface area contributed by atoms with Gasteiger partial charge in [0.25, 0.3) is 5.91 Å². The Morgan fingerprint density at radius 1 is 1.37 bits per heavy atom. The van der Waals surface area contributed by atoms with Gasteiger partial charge in [-0.25, -0.2) is 4.98 Å². The van der Waals surface area contributed by atoms with Crippen LogP contribution in [0.5, 0.6) is 0 Å². The van der Waals surface area contributed by atoms with Gasteiger partial charge in [0.15, 0.2) is 5.82 Å². The number of tetrazole rings is 1. The lowest BCUT2D eigenvalue weighted by Crippen LogP contribution is -2.24. The van der Waals surface area contributed by atoms with E-state index in [2.05, 4.69) is 35.9 Å². The molecule has 0 aliphatic rings. The highest BCUT2D eigenvalue weighted by Gasteiger charge is 2.09. The van der Waals surface area contributed by atoms with Crippen LogP contribution in [-0.4, -0.2) is 36.5 Å². The van der Waals surface area contributed by atoms with Gasteiger partial charge in [-0.1, -0.05) is 11.3 Å². The number of carbonyl (C=O) groups excluding carboxylic acids is 1. The maximum absolute atomic E-state index is 11.9. The maximum Gasteiger partial charge on any atom is 0.270 e. The predicted molar refractivity (Wildman–Crippen MR) is 64.9 cm³/mol. The van der Waals surface area contributed by atoms with E-state index in [1.165, 1.54) is 0 Å². The molecule has 0 spiro atoms. The van der Waals surface area contributed by atoms with Gasteiger partial charge in [-0.15, -0.1) is 10.2 Å². The molecule has 8 nitrogen and oxygen atoms in total. The summed E-state index contributed by atoms with van der Waals surface area (Å²) in [6.45, 7) is 0.197. The summed E-state index contributed by atoms with van der Waals surface area (Å²) in [5.41, 5.74) is 1.07. The number of amides is 1. The molecule has 3 aromatic rings. The SMILES string of the molecule is O=C(NCc1nn[nH]n1)c1cc2cccnc2cn1. The topological polar surface area (TPSA) is 109 Å². The number of nitrogens with zero attached hydrogens (tertiary/aromatic N) is 5. The van der Waals surface area contributed by atoms with E-state index in [0.29, 0.717) is 11.5 Å². The molecular weight excluding hydrogens is 246 g/mol. The summed E-state index contributed by atoms with van der Waals surface area (Å²) in [5, 5.41) is 16.7. The summed E-state index contributed by atoms with van der Waals surface area (Å²) in [4.78, 5) is 20.1. The number of fused-ring (bicyclic) bond motifs is 1. The highest BCUT2D eigenvalue weighted by molar-refractivity contribution is 5.95. The molecule has 3 heterocycles. The highest BCUT2D eigenvalue weighted by atomic mass is 16.1. The third kappa shape index (κ3) is 2.37. The van der Waals surface area contributed by atoms with Crippen LogP contribution >= 0.6 is 0 Å². The molecule has 0 saturated carbocycles. The Morgan fingerprint density at radius 2 is 2.32 bits per heavy atom. The number of hydrogen-bond acceptors (Lipinski definition) is 6. The summed E-state index contributed by atoms with van der Waals surface area (Å²) in [7, 11) is 0. The fraction of sp³-hybridized carbons (Fsp3) is 0.0909. The van der Waals surface area contributed by atoms with Crippen LogP contribution in [0.3, 0.4) is 0 Å². The van der Waals surface area contributed by atoms with E-state index in [9.17, 15) is 4.79 Å². The van der Waals surface area contributed by atoms with Gasteiger partial charge in [0.2, 0.25) is 0 Å². The smallest absolute Gasteiger partial charge is 0.270 e. The van der Waals surface area contributed by atoms with Crippen molar-refractivity contribution in [2.75, 3.05) is 0 Å². The molecule has 3 rings (SSSR count). The number of H-pyrrole nitrogens is 1. The molecule has 0 atom stereocenters. The molecule has 0 aliphatic carbocycles. The fourth-order valence-corrected chi connectivity index (χ4v) is 1.61. The van der Waals surface area contributed by atoms with Gasteiger partial charge in [-0.2, -0.15) is 5.21 Å². The molecule has 1 amide bonds. The zero-order valence-corrected chi connectivity index (χ0v) is 9.74. The molecule has 0 fully saturated rings. The Bertz CT molecular complexity index is 710. The van der Waals surface area contributed by atoms with Gasteiger partial charge in [0.05, 0.1) is 18.3 Å². The number of nitrogens with one attached hydrogen (secondary N) is 2. The Kier molecular flexibility index (Phi) is 2.81. The summed E-state index contributed by atoms with van der Waals surface area (Å²) in [5.74, 6) is 0.117. The number of carbonyl (C=O) groups is 1. The molecule has 94 valence electrons. The monoisotopic (exact) mass is 255 g/mol. The van der Waals surface area contributed by atoms with Gasteiger partial charge >= 0.3 is 0 Å². The number of aromatic nitrogens is 6. The summed E-state index contributed by atoms with van der Waals surface area (Å²) < 4.78 is 0. The maximum atomic E-state index is 11.9. The lowest BCUT2D eigenvalue weighted by molar-refractivity contribution is 0.0945. The van der Waals surface area contributed by atoms with Crippen LogP contribution in [0.4, 0.5) is 0 Å². The van der Waals surface area contributed by atoms with Crippen molar-refractivity contribution < 1.29 is 4.79 Å². The van der Waals surface area contributed by atoms with Crippen LogP contribution in [-0.2, 0) is 6.54 Å². The minimum Gasteiger partial charge on any atom is -0.343 e. The van der Waals surface area contributed by atoms with Crippen LogP contribution < -0.4 is 5.32 Å². The first-order valence-electron chi connectivity index (χ1n) is 5.54. The molecule has 19 heavy (non-hydrogen) atoms. The fourth-order valence-electron chi connectivity index (χ4n) is 1.61. The predicted octanol–water partition coefficient (Wildman–Crippen LogP) is 0.0729. The molecule has 0 bridgehead atoms. The molecular formula is C11H9N7O. The highest BCUT2D eigenvalue weighted by Crippen LogP contribution is 2.10. The van der Waals surface area contributed by atoms with Crippen molar-refractivity contribution in [1.82, 2.24) is 35.9 Å². The number of hydrogen-bond donors (Lipinski definition) is 2. The Morgan fingerprint density at radius 3 is 3.16 bits per heavy atom. The van der Waals surface area contributed by atoms with E-state index >= 15 is 0 Å². The Labute approximate surface area is 107 Å². The molecule has 0 saturated heterocycles. The summed E-state index contributed by atoms with van der Waals surface area (Å²) in [6, 6.07) is 5.37. The zero-order valence-electron chi connectivity index (χ0n) is 9.74. The quantitative estimate of drug-likeness (QED) is 0.685. The second-order valence-electron chi connectivity index (χ2n) is 3.78. The summed E-state index contributed by atoms with van der Waals surface area (Å²) >= 11 is 0. The average Bonchev–Trinajstić information content (AvgIpc) is 2.97. The average molecular weight is 255 g/mol.